The Balaban J connectivity index is 4.43. The Morgan fingerprint density at radius 1 is 0.362 bits per heavy atom. The fourth-order valence-electron chi connectivity index (χ4n) is 6.89. The van der Waals surface area contributed by atoms with Crippen LogP contribution >= 0.6 is 0 Å². The number of hydrogen-bond acceptors (Lipinski definition) is 6. The minimum absolute atomic E-state index is 0.0960. The van der Waals surface area contributed by atoms with E-state index < -0.39 is 6.10 Å². The quantitative estimate of drug-likeness (QED) is 0.0264. The number of esters is 3. The third kappa shape index (κ3) is 44.5. The number of allylic oxidation sites excluding steroid dienone is 8. The summed E-state index contributed by atoms with van der Waals surface area (Å²) in [5.41, 5.74) is 0. The van der Waals surface area contributed by atoms with Gasteiger partial charge in [-0.3, -0.25) is 14.4 Å². The molecule has 0 aromatic heterocycles. The van der Waals surface area contributed by atoms with Crippen molar-refractivity contribution in [2.45, 2.75) is 252 Å². The van der Waals surface area contributed by atoms with Crippen LogP contribution < -0.4 is 0 Å². The van der Waals surface area contributed by atoms with Crippen LogP contribution in [0, 0.1) is 0 Å². The Morgan fingerprint density at radius 2 is 0.707 bits per heavy atom. The Morgan fingerprint density at radius 3 is 1.10 bits per heavy atom. The average molecular weight is 813 g/mol. The Labute approximate surface area is 358 Å². The summed E-state index contributed by atoms with van der Waals surface area (Å²) in [6, 6.07) is 0. The highest BCUT2D eigenvalue weighted by atomic mass is 16.6. The summed E-state index contributed by atoms with van der Waals surface area (Å²) < 4.78 is 16.7. The van der Waals surface area contributed by atoms with Crippen LogP contribution in [0.15, 0.2) is 48.6 Å². The number of hydrogen-bond donors (Lipinski definition) is 0. The molecule has 0 saturated carbocycles. The second kappa shape index (κ2) is 47.1. The smallest absolute Gasteiger partial charge is 0.306 e. The van der Waals surface area contributed by atoms with E-state index in [4.69, 9.17) is 14.2 Å². The lowest BCUT2D eigenvalue weighted by atomic mass is 10.0. The van der Waals surface area contributed by atoms with Crippen molar-refractivity contribution in [1.29, 1.82) is 0 Å². The molecule has 0 aromatic carbocycles. The van der Waals surface area contributed by atoms with E-state index in [0.717, 1.165) is 70.6 Å². The van der Waals surface area contributed by atoms with Crippen LogP contribution in [0.4, 0.5) is 0 Å². The van der Waals surface area contributed by atoms with Crippen LogP contribution in [-0.2, 0) is 28.6 Å². The van der Waals surface area contributed by atoms with E-state index in [1.54, 1.807) is 0 Å². The molecule has 6 nitrogen and oxygen atoms in total. The third-order valence-corrected chi connectivity index (χ3v) is 10.6. The largest absolute Gasteiger partial charge is 0.462 e. The molecule has 1 unspecified atom stereocenters. The molecular weight excluding hydrogens is 721 g/mol. The number of ether oxygens (including phenoxy) is 3. The molecular formula is C52H92O6. The zero-order valence-electron chi connectivity index (χ0n) is 38.3. The summed E-state index contributed by atoms with van der Waals surface area (Å²) in [6.07, 6.45) is 55.3. The molecule has 0 amide bonds. The topological polar surface area (TPSA) is 78.9 Å². The highest BCUT2D eigenvalue weighted by Gasteiger charge is 2.19. The summed E-state index contributed by atoms with van der Waals surface area (Å²) in [4.78, 5) is 37.8. The minimum atomic E-state index is -0.802. The van der Waals surface area contributed by atoms with E-state index in [2.05, 4.69) is 63.3 Å². The van der Waals surface area contributed by atoms with Crippen molar-refractivity contribution in [3.63, 3.8) is 0 Å². The van der Waals surface area contributed by atoms with E-state index in [-0.39, 0.29) is 37.5 Å². The van der Waals surface area contributed by atoms with Gasteiger partial charge in [0, 0.05) is 19.3 Å². The summed E-state index contributed by atoms with van der Waals surface area (Å²) in [7, 11) is 0. The molecule has 0 bridgehead atoms. The highest BCUT2D eigenvalue weighted by Crippen LogP contribution is 2.15. The van der Waals surface area contributed by atoms with Gasteiger partial charge < -0.3 is 14.2 Å². The lowest BCUT2D eigenvalue weighted by Crippen LogP contribution is -2.30. The monoisotopic (exact) mass is 813 g/mol. The van der Waals surface area contributed by atoms with Crippen molar-refractivity contribution in [2.24, 2.45) is 0 Å². The number of unbranched alkanes of at least 4 members (excludes halogenated alkanes) is 25. The van der Waals surface area contributed by atoms with Gasteiger partial charge in [-0.05, 0) is 64.2 Å². The lowest BCUT2D eigenvalue weighted by molar-refractivity contribution is -0.166. The van der Waals surface area contributed by atoms with Gasteiger partial charge in [0.25, 0.3) is 0 Å². The maximum atomic E-state index is 12.7. The zero-order chi connectivity index (χ0) is 42.3. The van der Waals surface area contributed by atoms with Gasteiger partial charge in [0.1, 0.15) is 13.2 Å². The second-order valence-corrected chi connectivity index (χ2v) is 16.3. The molecule has 1 atom stereocenters. The minimum Gasteiger partial charge on any atom is -0.462 e. The molecule has 0 aromatic rings. The lowest BCUT2D eigenvalue weighted by Gasteiger charge is -2.18. The molecule has 0 spiro atoms. The Bertz CT molecular complexity index is 1030. The van der Waals surface area contributed by atoms with Gasteiger partial charge in [-0.15, -0.1) is 0 Å². The van der Waals surface area contributed by atoms with E-state index in [1.807, 2.05) is 6.08 Å². The predicted octanol–water partition coefficient (Wildman–Crippen LogP) is 15.9. The van der Waals surface area contributed by atoms with Crippen LogP contribution in [0.1, 0.15) is 245 Å². The maximum Gasteiger partial charge on any atom is 0.306 e. The molecule has 0 saturated heterocycles. The van der Waals surface area contributed by atoms with E-state index in [1.165, 1.54) is 128 Å². The van der Waals surface area contributed by atoms with Crippen LogP contribution in [0.2, 0.25) is 0 Å². The van der Waals surface area contributed by atoms with Gasteiger partial charge in [-0.25, -0.2) is 0 Å². The summed E-state index contributed by atoms with van der Waals surface area (Å²) in [5, 5.41) is 0. The molecule has 6 heteroatoms. The van der Waals surface area contributed by atoms with E-state index in [9.17, 15) is 14.4 Å². The van der Waals surface area contributed by atoms with E-state index >= 15 is 0 Å². The van der Waals surface area contributed by atoms with Crippen molar-refractivity contribution in [3.8, 4) is 0 Å². The van der Waals surface area contributed by atoms with Gasteiger partial charge in [-0.2, -0.15) is 0 Å². The van der Waals surface area contributed by atoms with Crippen LogP contribution in [0.5, 0.6) is 0 Å². The van der Waals surface area contributed by atoms with E-state index in [0.29, 0.717) is 19.3 Å². The molecule has 58 heavy (non-hydrogen) atoms. The standard InChI is InChI=1S/C52H92O6/c1-4-7-10-13-16-19-22-25-28-30-33-36-39-42-45-51(54)57-48-49(58-52(55)46-43-40-37-34-31-27-24-21-18-15-12-9-6-3)47-56-50(53)44-41-38-35-32-29-26-23-20-17-14-11-8-5-2/h7,10,16,19,27,31,37,40,49H,4-6,8-9,11-15,17-18,20-26,28-30,32-36,38-39,41-48H2,1-3H3/b10-7-,19-16-,31-27-,40-37-. The predicted molar refractivity (Wildman–Crippen MR) is 247 cm³/mol. The first kappa shape index (κ1) is 55.4. The molecule has 0 aliphatic heterocycles. The molecule has 0 fully saturated rings. The number of rotatable bonds is 44. The summed E-state index contributed by atoms with van der Waals surface area (Å²) in [5.74, 6) is -0.969. The van der Waals surface area contributed by atoms with Crippen LogP contribution in [0.25, 0.3) is 0 Å². The molecule has 0 aliphatic carbocycles. The fraction of sp³-hybridized carbons (Fsp3) is 0.788. The molecule has 0 aliphatic rings. The van der Waals surface area contributed by atoms with Crippen molar-refractivity contribution in [3.05, 3.63) is 48.6 Å². The molecule has 0 rings (SSSR count). The van der Waals surface area contributed by atoms with Gasteiger partial charge in [0.2, 0.25) is 0 Å². The molecule has 0 radical (unpaired) electrons. The zero-order valence-corrected chi connectivity index (χ0v) is 38.3. The van der Waals surface area contributed by atoms with Gasteiger partial charge in [0.15, 0.2) is 6.10 Å². The highest BCUT2D eigenvalue weighted by molar-refractivity contribution is 5.71. The van der Waals surface area contributed by atoms with Gasteiger partial charge in [-0.1, -0.05) is 211 Å². The summed E-state index contributed by atoms with van der Waals surface area (Å²) in [6.45, 7) is 6.47. The van der Waals surface area contributed by atoms with Crippen molar-refractivity contribution in [2.75, 3.05) is 13.2 Å². The average Bonchev–Trinajstić information content (AvgIpc) is 3.22. The molecule has 0 heterocycles. The SMILES string of the molecule is CC/C=C\C/C=C\CCCCCCCCCC(=O)OCC(COC(=O)CCCCCCCCCCCCCCC)OC(=O)CC/C=C\C/C=C\CCCCCCCC. The Hall–Kier alpha value is -2.63. The van der Waals surface area contributed by atoms with Gasteiger partial charge in [0.05, 0.1) is 0 Å². The number of carbonyl (C=O) groups excluding carboxylic acids is 3. The van der Waals surface area contributed by atoms with Gasteiger partial charge >= 0.3 is 17.9 Å². The first-order chi connectivity index (χ1) is 28.5. The van der Waals surface area contributed by atoms with Crippen molar-refractivity contribution in [1.82, 2.24) is 0 Å². The first-order valence-corrected chi connectivity index (χ1v) is 24.6. The third-order valence-electron chi connectivity index (χ3n) is 10.6. The summed E-state index contributed by atoms with van der Waals surface area (Å²) >= 11 is 0. The van der Waals surface area contributed by atoms with Crippen LogP contribution in [0.3, 0.4) is 0 Å². The number of carbonyl (C=O) groups is 3. The van der Waals surface area contributed by atoms with Crippen molar-refractivity contribution < 1.29 is 28.6 Å². The first-order valence-electron chi connectivity index (χ1n) is 24.6. The molecule has 0 N–H and O–H groups in total. The fourth-order valence-corrected chi connectivity index (χ4v) is 6.89. The Kier molecular flexibility index (Phi) is 44.9. The van der Waals surface area contributed by atoms with Crippen LogP contribution in [-0.4, -0.2) is 37.2 Å². The molecule has 336 valence electrons. The maximum absolute atomic E-state index is 12.7. The van der Waals surface area contributed by atoms with Crippen molar-refractivity contribution >= 4 is 17.9 Å². The second-order valence-electron chi connectivity index (χ2n) is 16.3. The normalized spacial score (nSPS) is 12.4.